The van der Waals surface area contributed by atoms with E-state index in [1.165, 1.54) is 25.8 Å². The van der Waals surface area contributed by atoms with E-state index in [9.17, 15) is 0 Å². The molecule has 0 atom stereocenters. The van der Waals surface area contributed by atoms with Crippen LogP contribution in [0.25, 0.3) is 22.0 Å². The van der Waals surface area contributed by atoms with E-state index >= 15 is 0 Å². The van der Waals surface area contributed by atoms with Crippen molar-refractivity contribution in [2.24, 2.45) is 17.8 Å². The number of fused-ring (bicyclic) bond motifs is 1. The molecule has 42 heavy (non-hydrogen) atoms. The first-order chi connectivity index (χ1) is 20.2. The second-order valence-corrected chi connectivity index (χ2v) is 9.07. The molecule has 3 rings (SSSR count). The van der Waals surface area contributed by atoms with E-state index in [4.69, 9.17) is 10.5 Å². The van der Waals surface area contributed by atoms with Gasteiger partial charge in [0.05, 0.1) is 17.3 Å². The van der Waals surface area contributed by atoms with Crippen LogP contribution in [0, 0.1) is 0 Å². The zero-order valence-corrected chi connectivity index (χ0v) is 29.0. The van der Waals surface area contributed by atoms with E-state index in [1.807, 2.05) is 93.0 Å². The predicted octanol–water partition coefficient (Wildman–Crippen LogP) is 9.17. The third-order valence-corrected chi connectivity index (χ3v) is 4.97. The zero-order chi connectivity index (χ0) is 33.4. The van der Waals surface area contributed by atoms with Crippen LogP contribution in [-0.4, -0.2) is 54.3 Å². The van der Waals surface area contributed by atoms with Crippen LogP contribution in [0.5, 0.6) is 0 Å². The quantitative estimate of drug-likeness (QED) is 0.156. The van der Waals surface area contributed by atoms with Crippen molar-refractivity contribution in [2.45, 2.75) is 86.7 Å². The largest absolute Gasteiger partial charge is 0.379 e. The summed E-state index contributed by atoms with van der Waals surface area (Å²) >= 11 is 0. The Labute approximate surface area is 259 Å². The van der Waals surface area contributed by atoms with Crippen molar-refractivity contribution in [1.29, 1.82) is 0 Å². The Bertz CT molecular complexity index is 1000. The molecule has 0 aliphatic rings. The van der Waals surface area contributed by atoms with Gasteiger partial charge < -0.3 is 15.8 Å². The van der Waals surface area contributed by atoms with Crippen LogP contribution < -0.4 is 11.1 Å². The standard InChI is InChI=1S/C14H12N4.C6H15N.C5H12O.C4H9N.2C2H6.C2H4/c1-15-14-12(9-17-18(14)2)11-7-10-5-3-4-6-13(10)16-8-11;1-3-4-5-6-7-2;1-5(2,3)6-4;1-2-3-4-5;3*1-2/h3-9H,1H2,2H3;7H,3-6H2,1-2H3;1-4H3;2H,1,3-5H2;2*1-2H3;1-2H2. The van der Waals surface area contributed by atoms with Gasteiger partial charge in [0, 0.05) is 36.9 Å². The minimum atomic E-state index is 0.0417. The molecule has 0 saturated heterocycles. The Morgan fingerprint density at radius 3 is 2.07 bits per heavy atom. The fourth-order valence-electron chi connectivity index (χ4n) is 2.71. The second-order valence-electron chi connectivity index (χ2n) is 9.07. The number of nitrogens with two attached hydrogens (primary N) is 1. The van der Waals surface area contributed by atoms with Crippen LogP contribution in [0.4, 0.5) is 5.82 Å². The molecule has 0 unspecified atom stereocenters. The second kappa shape index (κ2) is 32.4. The highest BCUT2D eigenvalue weighted by molar-refractivity contribution is 5.85. The number of methoxy groups -OCH3 is 1. The highest BCUT2D eigenvalue weighted by Crippen LogP contribution is 2.30. The van der Waals surface area contributed by atoms with Crippen molar-refractivity contribution >= 4 is 23.4 Å². The number of hydrogen-bond acceptors (Lipinski definition) is 6. The van der Waals surface area contributed by atoms with Gasteiger partial charge >= 0.3 is 0 Å². The number of para-hydroxylation sites is 1. The van der Waals surface area contributed by atoms with Gasteiger partial charge in [0.2, 0.25) is 0 Å². The van der Waals surface area contributed by atoms with Gasteiger partial charge in [-0.2, -0.15) is 5.10 Å². The molecule has 7 heteroatoms. The summed E-state index contributed by atoms with van der Waals surface area (Å²) in [6, 6.07) is 10.1. The van der Waals surface area contributed by atoms with Crippen molar-refractivity contribution in [1.82, 2.24) is 20.1 Å². The summed E-state index contributed by atoms with van der Waals surface area (Å²) in [6.45, 7) is 31.2. The molecule has 7 nitrogen and oxygen atoms in total. The summed E-state index contributed by atoms with van der Waals surface area (Å²) in [5.41, 5.74) is 8.05. The van der Waals surface area contributed by atoms with Gasteiger partial charge in [-0.25, -0.2) is 4.99 Å². The molecule has 0 aliphatic carbocycles. The topological polar surface area (TPSA) is 90.4 Å². The summed E-state index contributed by atoms with van der Waals surface area (Å²) in [5, 5.41) is 8.41. The summed E-state index contributed by atoms with van der Waals surface area (Å²) in [4.78, 5) is 8.45. The van der Waals surface area contributed by atoms with Crippen molar-refractivity contribution in [3.05, 3.63) is 68.5 Å². The molecule has 2 heterocycles. The fraction of sp³-hybridized carbons (Fsp3) is 0.514. The summed E-state index contributed by atoms with van der Waals surface area (Å²) < 4.78 is 6.64. The molecular weight excluding hydrogens is 520 g/mol. The average molecular weight is 585 g/mol. The van der Waals surface area contributed by atoms with E-state index in [0.29, 0.717) is 0 Å². The van der Waals surface area contributed by atoms with Gasteiger partial charge in [-0.15, -0.1) is 19.7 Å². The maximum atomic E-state index is 5.07. The Balaban J connectivity index is -0.000000252. The highest BCUT2D eigenvalue weighted by atomic mass is 16.5. The number of aliphatic imine (C=N–C) groups is 1. The molecule has 0 spiro atoms. The average Bonchev–Trinajstić information content (AvgIpc) is 3.41. The van der Waals surface area contributed by atoms with Crippen LogP contribution in [0.2, 0.25) is 0 Å². The Morgan fingerprint density at radius 2 is 1.64 bits per heavy atom. The molecule has 0 bridgehead atoms. The van der Waals surface area contributed by atoms with Gasteiger partial charge in [-0.1, -0.05) is 71.7 Å². The number of nitrogens with one attached hydrogen (secondary N) is 1. The van der Waals surface area contributed by atoms with Crippen LogP contribution in [0.3, 0.4) is 0 Å². The molecule has 0 radical (unpaired) electrons. The van der Waals surface area contributed by atoms with Gasteiger partial charge in [0.1, 0.15) is 0 Å². The SMILES string of the molecule is C=C.C=CCCN.C=Nc1c(-c2cnc3ccccc3c2)cnn1C.CC.CC.CCCCCNC.COC(C)(C)C. The van der Waals surface area contributed by atoms with E-state index in [0.717, 1.165) is 40.8 Å². The Morgan fingerprint density at radius 1 is 1.07 bits per heavy atom. The number of pyridine rings is 1. The minimum absolute atomic E-state index is 0.0417. The molecule has 0 fully saturated rings. The number of unbranched alkanes of at least 4 members (excludes halogenated alkanes) is 2. The summed E-state index contributed by atoms with van der Waals surface area (Å²) in [7, 11) is 5.55. The Kier molecular flexibility index (Phi) is 35.4. The number of benzene rings is 1. The summed E-state index contributed by atoms with van der Waals surface area (Å²) in [6.07, 6.45) is 10.4. The number of ether oxygens (including phenoxy) is 1. The van der Waals surface area contributed by atoms with Crippen LogP contribution in [-0.2, 0) is 11.8 Å². The molecule has 0 saturated carbocycles. The van der Waals surface area contributed by atoms with Crippen LogP contribution >= 0.6 is 0 Å². The molecular formula is C35H64N6O. The number of aromatic nitrogens is 3. The van der Waals surface area contributed by atoms with Gasteiger partial charge in [-0.05, 0) is 72.6 Å². The molecule has 2 aromatic heterocycles. The lowest BCUT2D eigenvalue weighted by atomic mass is 10.1. The van der Waals surface area contributed by atoms with E-state index in [2.05, 4.69) is 59.8 Å². The maximum absolute atomic E-state index is 5.07. The molecule has 3 N–H and O–H groups in total. The molecule has 0 amide bonds. The molecule has 240 valence electrons. The monoisotopic (exact) mass is 585 g/mol. The molecule has 3 aromatic rings. The third-order valence-electron chi connectivity index (χ3n) is 4.97. The smallest absolute Gasteiger partial charge is 0.157 e. The van der Waals surface area contributed by atoms with Crippen molar-refractivity contribution in [3.63, 3.8) is 0 Å². The van der Waals surface area contributed by atoms with E-state index in [1.54, 1.807) is 24.1 Å². The predicted molar refractivity (Wildman–Crippen MR) is 191 cm³/mol. The normalized spacial score (nSPS) is 9.14. The lowest BCUT2D eigenvalue weighted by molar-refractivity contribution is 0.0397. The number of hydrogen-bond donors (Lipinski definition) is 2. The first-order valence-electron chi connectivity index (χ1n) is 15.0. The summed E-state index contributed by atoms with van der Waals surface area (Å²) in [5.74, 6) is 0.757. The van der Waals surface area contributed by atoms with Gasteiger partial charge in [-0.3, -0.25) is 9.67 Å². The first kappa shape index (κ1) is 45.8. The van der Waals surface area contributed by atoms with Gasteiger partial charge in [0.15, 0.2) is 5.82 Å². The first-order valence-corrected chi connectivity index (χ1v) is 15.0. The van der Waals surface area contributed by atoms with Gasteiger partial charge in [0.25, 0.3) is 0 Å². The van der Waals surface area contributed by atoms with E-state index < -0.39 is 0 Å². The fourth-order valence-corrected chi connectivity index (χ4v) is 2.71. The zero-order valence-electron chi connectivity index (χ0n) is 29.0. The third kappa shape index (κ3) is 23.6. The van der Waals surface area contributed by atoms with Crippen LogP contribution in [0.1, 0.15) is 81.1 Å². The number of aryl methyl sites for hydroxylation is 1. The Hall–Kier alpha value is -3.13. The van der Waals surface area contributed by atoms with Crippen LogP contribution in [0.15, 0.2) is 73.5 Å². The highest BCUT2D eigenvalue weighted by Gasteiger charge is 2.10. The minimum Gasteiger partial charge on any atom is -0.379 e. The molecule has 1 aromatic carbocycles. The maximum Gasteiger partial charge on any atom is 0.157 e. The lowest BCUT2D eigenvalue weighted by Gasteiger charge is -2.14. The lowest BCUT2D eigenvalue weighted by Crippen LogP contribution is -2.15. The number of rotatable bonds is 8. The van der Waals surface area contributed by atoms with Crippen molar-refractivity contribution < 1.29 is 4.74 Å². The number of nitrogens with zero attached hydrogens (tertiary/aromatic N) is 4. The molecule has 0 aliphatic heterocycles. The van der Waals surface area contributed by atoms with Crippen molar-refractivity contribution in [2.75, 3.05) is 27.2 Å². The van der Waals surface area contributed by atoms with Crippen molar-refractivity contribution in [3.8, 4) is 11.1 Å². The van der Waals surface area contributed by atoms with E-state index in [-0.39, 0.29) is 5.60 Å².